The predicted octanol–water partition coefficient (Wildman–Crippen LogP) is 13.0. The number of rotatable bonds is 22. The van der Waals surface area contributed by atoms with Crippen LogP contribution in [0.25, 0.3) is 87.8 Å². The lowest BCUT2D eigenvalue weighted by atomic mass is 10.2. The second-order valence-corrected chi connectivity index (χ2v) is 32.8. The van der Waals surface area contributed by atoms with Crippen molar-refractivity contribution in [3.8, 4) is 87.8 Å². The Morgan fingerprint density at radius 2 is 0.656 bits per heavy atom. The molecule has 128 heavy (non-hydrogen) atoms. The maximum Gasteiger partial charge on any atom is 0.290 e. The minimum absolute atomic E-state index is 0.0973. The smallest absolute Gasteiger partial charge is 0.290 e. The van der Waals surface area contributed by atoms with E-state index in [1.807, 2.05) is 123 Å². The van der Waals surface area contributed by atoms with E-state index >= 15 is 0 Å². The van der Waals surface area contributed by atoms with E-state index < -0.39 is 0 Å². The number of carboxylic acid groups (broad SMARTS) is 2. The molecule has 0 aliphatic heterocycles. The molecule has 20 rings (SSSR count). The summed E-state index contributed by atoms with van der Waals surface area (Å²) in [6.45, 7) is 2.23. The third-order valence-electron chi connectivity index (χ3n) is 20.9. The summed E-state index contributed by atoms with van der Waals surface area (Å²) in [6, 6.07) is 22.9. The Bertz CT molecular complexity index is 5820. The fourth-order valence-corrected chi connectivity index (χ4v) is 17.9. The predicted molar refractivity (Wildman–Crippen MR) is 475 cm³/mol. The first-order chi connectivity index (χ1) is 62.5. The van der Waals surface area contributed by atoms with E-state index in [2.05, 4.69) is 117 Å². The molecule has 8 atom stereocenters. The Hall–Kier alpha value is -14.5. The van der Waals surface area contributed by atoms with Crippen LogP contribution in [0.15, 0.2) is 193 Å². The van der Waals surface area contributed by atoms with Crippen LogP contribution < -0.4 is 21.3 Å². The van der Waals surface area contributed by atoms with Crippen molar-refractivity contribution >= 4 is 105 Å². The molecule has 4 amide bonds. The number of carbonyl (C=O) groups excluding carboxylic acids is 4. The van der Waals surface area contributed by atoms with E-state index in [1.54, 1.807) is 95.9 Å². The first kappa shape index (κ1) is 88.3. The van der Waals surface area contributed by atoms with Crippen molar-refractivity contribution < 1.29 is 59.0 Å². The van der Waals surface area contributed by atoms with Crippen molar-refractivity contribution in [2.24, 2.45) is 0 Å². The number of aliphatic hydroxyl groups is 3. The molecule has 4 aliphatic rings. The number of aliphatic hydroxyl groups excluding tert-OH is 3. The number of aromatic amines is 4. The summed E-state index contributed by atoms with van der Waals surface area (Å²) in [7, 11) is 0. The average molecular weight is 1810 g/mol. The molecule has 0 saturated heterocycles. The molecule has 0 unspecified atom stereocenters. The van der Waals surface area contributed by atoms with Crippen LogP contribution in [0.1, 0.15) is 150 Å². The minimum atomic E-state index is -0.316. The first-order valence-corrected chi connectivity index (χ1v) is 44.0. The number of ether oxygens (including phenoxy) is 1. The van der Waals surface area contributed by atoms with Crippen molar-refractivity contribution in [1.29, 1.82) is 0 Å². The van der Waals surface area contributed by atoms with Crippen LogP contribution in [0.4, 0.5) is 22.7 Å². The lowest BCUT2D eigenvalue weighted by molar-refractivity contribution is -0.123. The van der Waals surface area contributed by atoms with E-state index in [9.17, 15) is 34.5 Å². The number of H-pyrrole nitrogens is 4. The monoisotopic (exact) mass is 1800 g/mol. The molecule has 16 aromatic heterocycles. The fourth-order valence-electron chi connectivity index (χ4n) is 14.8. The molecule has 40 nitrogen and oxygen atoms in total. The van der Waals surface area contributed by atoms with Crippen LogP contribution in [-0.4, -0.2) is 213 Å². The Morgan fingerprint density at radius 1 is 0.398 bits per heavy atom. The quantitative estimate of drug-likeness (QED) is 0.0280. The number of hydrogen-bond acceptors (Lipinski definition) is 30. The van der Waals surface area contributed by atoms with Crippen LogP contribution in [-0.2, 0) is 14.3 Å². The number of aromatic nitrogens is 24. The number of hydrogen-bond donors (Lipinski definition) is 13. The zero-order valence-electron chi connectivity index (χ0n) is 68.1. The van der Waals surface area contributed by atoms with Gasteiger partial charge in [0.15, 0.2) is 0 Å². The van der Waals surface area contributed by atoms with Gasteiger partial charge in [0.2, 0.25) is 0 Å². The average Bonchev–Trinajstić information content (AvgIpc) is 2.01. The second kappa shape index (κ2) is 42.4. The van der Waals surface area contributed by atoms with Crippen LogP contribution in [0, 0.1) is 0 Å². The summed E-state index contributed by atoms with van der Waals surface area (Å²) in [6.07, 6.45) is 36.7. The first-order valence-electron chi connectivity index (χ1n) is 40.4. The third kappa shape index (κ3) is 22.0. The van der Waals surface area contributed by atoms with Crippen molar-refractivity contribution in [2.75, 3.05) is 27.9 Å². The number of nitrogens with one attached hydrogen (secondary N) is 8. The summed E-state index contributed by atoms with van der Waals surface area (Å²) in [5, 5.41) is 111. The van der Waals surface area contributed by atoms with Crippen molar-refractivity contribution in [3.05, 3.63) is 216 Å². The highest BCUT2D eigenvalue weighted by Gasteiger charge is 2.33. The highest BCUT2D eigenvalue weighted by atomic mass is 32.1. The highest BCUT2D eigenvalue weighted by Crippen LogP contribution is 2.40. The van der Waals surface area contributed by atoms with Gasteiger partial charge in [-0.05, 0) is 133 Å². The summed E-state index contributed by atoms with van der Waals surface area (Å²) in [4.78, 5) is 104. The maximum absolute atomic E-state index is 13.0. The van der Waals surface area contributed by atoms with Gasteiger partial charge in [0.25, 0.3) is 36.6 Å². The van der Waals surface area contributed by atoms with E-state index in [-0.39, 0.29) is 85.2 Å². The molecular weight excluding hydrogens is 1720 g/mol. The lowest BCUT2D eigenvalue weighted by Crippen LogP contribution is -2.13. The van der Waals surface area contributed by atoms with Crippen LogP contribution in [0.3, 0.4) is 0 Å². The molecule has 16 heterocycles. The SMILES string of the molecule is CCO[C@@H]1CC[C@H](n2cc(NC(=O)c3csc(-c4cn[nH]c4)n3)c(-c3ccccn3)n2)C1.O=C(Nc1cn([C@H]2CC[C@@H](O)C2)nc1-c1ccccn1)c1csc(-c2cn[nH]c2)n1.O=C(Nc1cn([C@H]2CC[C@@H](O)C2)nc1-c1ccccn1)c1csc(-c2cn[nH]c2)n1.O=C(Nc1cn([C@H]2CC[C@H](O)C2)nc1-c1ccccn1)c1csc(-c2cn[nH]c2)n1.O=CO.O=CO. The Balaban J connectivity index is 0.000000128. The standard InChI is InChI=1S/C22H23N7O2S.3C20H19N7O2S.2CH2O2/c1-2-31-16-7-6-15(9-16)29-12-18(20(28-29)17-5-3-4-8-23-17)26-21(30)19-13-32-22(27-19)14-10-24-25-11-14;3*28-14-5-4-13(7-14)27-10-16(18(26-27)15-3-1-2-6-21-15)24-19(29)17-11-30-20(25-17)12-8-22-23-9-12;2*2-1-3/h3-5,8,10-13,15-16H,2,6-7,9H2,1H3,(H,24,25)(H,26,30);3*1-3,6,8-11,13-14,28H,4-5,7H2,(H,22,23)(H,24,29);2*1H,(H,2,3)/t15-,16+;2*13-,14+;13-,14-;;/m0000../s1. The summed E-state index contributed by atoms with van der Waals surface area (Å²) in [5.74, 6) is -1.23. The van der Waals surface area contributed by atoms with Gasteiger partial charge < -0.3 is 51.5 Å². The number of nitrogens with zero attached hydrogens (tertiary/aromatic N) is 20. The van der Waals surface area contributed by atoms with Gasteiger partial charge in [0, 0.05) is 125 Å². The number of anilines is 4. The Labute approximate surface area is 743 Å². The molecule has 13 N–H and O–H groups in total. The normalized spacial score (nSPS) is 17.8. The number of carbonyl (C=O) groups is 6. The highest BCUT2D eigenvalue weighted by molar-refractivity contribution is 7.14. The third-order valence-corrected chi connectivity index (χ3v) is 24.4. The van der Waals surface area contributed by atoms with E-state index in [0.717, 1.165) is 100 Å². The van der Waals surface area contributed by atoms with Gasteiger partial charge in [-0.2, -0.15) is 40.8 Å². The Morgan fingerprint density at radius 3 is 0.875 bits per heavy atom. The van der Waals surface area contributed by atoms with Gasteiger partial charge in [-0.1, -0.05) is 24.3 Å². The van der Waals surface area contributed by atoms with E-state index in [4.69, 9.17) is 29.6 Å². The fraction of sp³-hybridized carbons (Fsp3) is 0.262. The summed E-state index contributed by atoms with van der Waals surface area (Å²) in [5.41, 5.74) is 12.1. The molecule has 4 aliphatic carbocycles. The van der Waals surface area contributed by atoms with Gasteiger partial charge in [-0.3, -0.25) is 87.8 Å². The molecule has 16 aromatic rings. The van der Waals surface area contributed by atoms with Gasteiger partial charge in [0.1, 0.15) is 65.6 Å². The molecule has 656 valence electrons. The molecule has 4 fully saturated rings. The second-order valence-electron chi connectivity index (χ2n) is 29.4. The minimum Gasteiger partial charge on any atom is -0.483 e. The Kier molecular flexibility index (Phi) is 29.3. The number of amides is 4. The van der Waals surface area contributed by atoms with Gasteiger partial charge in [0.05, 0.1) is 119 Å². The molecule has 0 aromatic carbocycles. The molecule has 4 saturated carbocycles. The van der Waals surface area contributed by atoms with E-state index in [0.29, 0.717) is 117 Å². The molecule has 0 spiro atoms. The van der Waals surface area contributed by atoms with Gasteiger partial charge >= 0.3 is 0 Å². The number of pyridine rings is 4. The molecule has 0 bridgehead atoms. The zero-order chi connectivity index (χ0) is 88.8. The summed E-state index contributed by atoms with van der Waals surface area (Å²) < 4.78 is 13.2. The van der Waals surface area contributed by atoms with Crippen molar-refractivity contribution in [3.63, 3.8) is 0 Å². The largest absolute Gasteiger partial charge is 0.483 e. The van der Waals surface area contributed by atoms with Crippen LogP contribution in [0.5, 0.6) is 0 Å². The van der Waals surface area contributed by atoms with Crippen molar-refractivity contribution in [2.45, 2.75) is 133 Å². The van der Waals surface area contributed by atoms with E-state index in [1.165, 1.54) is 45.3 Å². The van der Waals surface area contributed by atoms with Gasteiger partial charge in [-0.25, -0.2) is 19.9 Å². The van der Waals surface area contributed by atoms with Crippen molar-refractivity contribution in [1.82, 2.24) is 120 Å². The van der Waals surface area contributed by atoms with Crippen LogP contribution >= 0.6 is 45.3 Å². The molecular formula is C84H84N28O12S4. The topological polar surface area (TPSA) is 550 Å². The lowest BCUT2D eigenvalue weighted by Gasteiger charge is -2.11. The zero-order valence-corrected chi connectivity index (χ0v) is 71.4. The molecule has 0 radical (unpaired) electrons. The number of thiazole rings is 4. The van der Waals surface area contributed by atoms with Crippen LogP contribution in [0.2, 0.25) is 0 Å². The summed E-state index contributed by atoms with van der Waals surface area (Å²) >= 11 is 5.54. The molecule has 44 heteroatoms. The van der Waals surface area contributed by atoms with Gasteiger partial charge in [-0.15, -0.1) is 45.3 Å². The maximum atomic E-state index is 13.0.